The van der Waals surface area contributed by atoms with Crippen LogP contribution < -0.4 is 11.4 Å². The van der Waals surface area contributed by atoms with Crippen LogP contribution in [-0.4, -0.2) is 19.7 Å². The van der Waals surface area contributed by atoms with Crippen LogP contribution in [-0.2, 0) is 6.54 Å². The number of anilines is 1. The number of nitriles is 1. The maximum atomic E-state index is 11.4. The molecule has 0 aliphatic heterocycles. The number of nitrogen functional groups attached to an aromatic ring is 1. The van der Waals surface area contributed by atoms with Gasteiger partial charge in [-0.2, -0.15) is 5.26 Å². The minimum atomic E-state index is -0.282. The Bertz CT molecular complexity index is 668. The molecule has 0 bridgehead atoms. The minimum Gasteiger partial charge on any atom is -0.395 e. The van der Waals surface area contributed by atoms with E-state index >= 15 is 0 Å². The number of nitrogens with two attached hydrogens (primary N) is 1. The van der Waals surface area contributed by atoms with Crippen LogP contribution in [0.25, 0.3) is 0 Å². The summed E-state index contributed by atoms with van der Waals surface area (Å²) >= 11 is 1.15. The first-order valence-corrected chi connectivity index (χ1v) is 5.96. The predicted octanol–water partition coefficient (Wildman–Crippen LogP) is 0.591. The number of hydrogen-bond acceptors (Lipinski definition) is 6. The van der Waals surface area contributed by atoms with Crippen molar-refractivity contribution in [2.24, 2.45) is 0 Å². The van der Waals surface area contributed by atoms with Crippen molar-refractivity contribution in [1.29, 1.82) is 5.26 Å². The monoisotopic (exact) mass is 262 g/mol. The lowest BCUT2D eigenvalue weighted by molar-refractivity contribution is 0.660. The molecule has 0 unspecified atom stereocenters. The Morgan fingerprint density at radius 3 is 3.11 bits per heavy atom. The molecule has 0 aliphatic rings. The Balaban J connectivity index is 2.41. The second-order valence-electron chi connectivity index (χ2n) is 3.35. The smallest absolute Gasteiger partial charge is 0.343 e. The molecule has 0 radical (unpaired) electrons. The lowest BCUT2D eigenvalue weighted by Gasteiger charge is -2.05. The molecule has 0 spiro atoms. The summed E-state index contributed by atoms with van der Waals surface area (Å²) in [5.74, 6) is 0. The van der Waals surface area contributed by atoms with E-state index in [2.05, 4.69) is 15.2 Å². The number of aromatic amines is 1. The summed E-state index contributed by atoms with van der Waals surface area (Å²) in [6, 6.07) is 3.52. The number of hydrogen-bond donors (Lipinski definition) is 2. The summed E-state index contributed by atoms with van der Waals surface area (Å²) in [4.78, 5) is 15.5. The summed E-state index contributed by atoms with van der Waals surface area (Å²) in [7, 11) is 0. The van der Waals surface area contributed by atoms with Gasteiger partial charge in [-0.25, -0.2) is 14.9 Å². The summed E-state index contributed by atoms with van der Waals surface area (Å²) < 4.78 is 1.46. The third-order valence-electron chi connectivity index (χ3n) is 2.30. The molecule has 2 heterocycles. The van der Waals surface area contributed by atoms with Gasteiger partial charge in [0.2, 0.25) is 0 Å². The standard InChI is InChI=1S/C10H10N6OS/c1-2-16-9(17)14-15-10(16)18-8-7(12)6(5-11)3-4-13-8/h3-4H,2,12H2,1H3,(H,14,17). The molecule has 0 aliphatic carbocycles. The molecule has 0 amide bonds. The first-order valence-electron chi connectivity index (χ1n) is 5.15. The molecular formula is C10H10N6OS. The highest BCUT2D eigenvalue weighted by molar-refractivity contribution is 7.99. The average Bonchev–Trinajstić information content (AvgIpc) is 2.72. The first kappa shape index (κ1) is 12.2. The van der Waals surface area contributed by atoms with Crippen LogP contribution in [0.2, 0.25) is 0 Å². The van der Waals surface area contributed by atoms with Gasteiger partial charge in [-0.3, -0.25) is 4.57 Å². The van der Waals surface area contributed by atoms with E-state index in [0.29, 0.717) is 28.0 Å². The van der Waals surface area contributed by atoms with Crippen LogP contribution in [0.1, 0.15) is 12.5 Å². The maximum Gasteiger partial charge on any atom is 0.343 e. The van der Waals surface area contributed by atoms with E-state index in [4.69, 9.17) is 11.0 Å². The lowest BCUT2D eigenvalue weighted by atomic mass is 10.2. The van der Waals surface area contributed by atoms with E-state index in [1.54, 1.807) is 0 Å². The SMILES string of the molecule is CCn1c(Sc2nccc(C#N)c2N)n[nH]c1=O. The summed E-state index contributed by atoms with van der Waals surface area (Å²) in [5.41, 5.74) is 6.18. The number of H-pyrrole nitrogens is 1. The summed E-state index contributed by atoms with van der Waals surface area (Å²) in [5, 5.41) is 16.0. The van der Waals surface area contributed by atoms with Crippen LogP contribution in [0.15, 0.2) is 27.2 Å². The molecule has 0 fully saturated rings. The van der Waals surface area contributed by atoms with Gasteiger partial charge in [-0.05, 0) is 24.8 Å². The normalized spacial score (nSPS) is 10.2. The van der Waals surface area contributed by atoms with E-state index in [1.165, 1.54) is 16.8 Å². The van der Waals surface area contributed by atoms with Crippen LogP contribution in [0.3, 0.4) is 0 Å². The maximum absolute atomic E-state index is 11.4. The van der Waals surface area contributed by atoms with Crippen molar-refractivity contribution in [2.75, 3.05) is 5.73 Å². The van der Waals surface area contributed by atoms with Gasteiger partial charge in [0.15, 0.2) is 5.16 Å². The second-order valence-corrected chi connectivity index (χ2v) is 4.30. The fraction of sp³-hybridized carbons (Fsp3) is 0.200. The molecule has 3 N–H and O–H groups in total. The van der Waals surface area contributed by atoms with Gasteiger partial charge >= 0.3 is 5.69 Å². The Kier molecular flexibility index (Phi) is 3.34. The largest absolute Gasteiger partial charge is 0.395 e. The fourth-order valence-corrected chi connectivity index (χ4v) is 2.30. The van der Waals surface area contributed by atoms with Gasteiger partial charge in [-0.15, -0.1) is 5.10 Å². The Morgan fingerprint density at radius 1 is 1.67 bits per heavy atom. The number of rotatable bonds is 3. The van der Waals surface area contributed by atoms with E-state index in [-0.39, 0.29) is 5.69 Å². The molecule has 2 aromatic heterocycles. The quantitative estimate of drug-likeness (QED) is 0.837. The average molecular weight is 262 g/mol. The first-order chi connectivity index (χ1) is 8.67. The molecular weight excluding hydrogens is 252 g/mol. The van der Waals surface area contributed by atoms with Crippen molar-refractivity contribution < 1.29 is 0 Å². The molecule has 18 heavy (non-hydrogen) atoms. The molecule has 2 rings (SSSR count). The van der Waals surface area contributed by atoms with Crippen molar-refractivity contribution in [3.8, 4) is 6.07 Å². The van der Waals surface area contributed by atoms with Gasteiger partial charge in [-0.1, -0.05) is 0 Å². The number of nitrogens with one attached hydrogen (secondary N) is 1. The van der Waals surface area contributed by atoms with E-state index in [9.17, 15) is 4.79 Å². The lowest BCUT2D eigenvalue weighted by Crippen LogP contribution is -2.16. The zero-order valence-corrected chi connectivity index (χ0v) is 10.4. The van der Waals surface area contributed by atoms with Crippen LogP contribution in [0, 0.1) is 11.3 Å². The molecule has 2 aromatic rings. The Morgan fingerprint density at radius 2 is 2.44 bits per heavy atom. The van der Waals surface area contributed by atoms with Crippen LogP contribution in [0.4, 0.5) is 5.69 Å². The molecule has 0 aromatic carbocycles. The van der Waals surface area contributed by atoms with Crippen LogP contribution >= 0.6 is 11.8 Å². The van der Waals surface area contributed by atoms with E-state index < -0.39 is 0 Å². The third kappa shape index (κ3) is 2.08. The highest BCUT2D eigenvalue weighted by Crippen LogP contribution is 2.29. The van der Waals surface area contributed by atoms with Gasteiger partial charge in [0, 0.05) is 12.7 Å². The molecule has 92 valence electrons. The Labute approximate surface area is 107 Å². The number of nitrogens with zero attached hydrogens (tertiary/aromatic N) is 4. The minimum absolute atomic E-state index is 0.282. The molecule has 0 saturated carbocycles. The van der Waals surface area contributed by atoms with Crippen molar-refractivity contribution in [3.05, 3.63) is 28.3 Å². The van der Waals surface area contributed by atoms with Crippen LogP contribution in [0.5, 0.6) is 0 Å². The van der Waals surface area contributed by atoms with Gasteiger partial charge in [0.25, 0.3) is 0 Å². The number of aromatic nitrogens is 4. The highest BCUT2D eigenvalue weighted by Gasteiger charge is 2.13. The zero-order valence-electron chi connectivity index (χ0n) is 9.54. The molecule has 8 heteroatoms. The van der Waals surface area contributed by atoms with Gasteiger partial charge < -0.3 is 5.73 Å². The van der Waals surface area contributed by atoms with E-state index in [1.807, 2.05) is 13.0 Å². The van der Waals surface area contributed by atoms with Crippen molar-refractivity contribution in [2.45, 2.75) is 23.7 Å². The molecule has 7 nitrogen and oxygen atoms in total. The molecule has 0 atom stereocenters. The summed E-state index contributed by atoms with van der Waals surface area (Å²) in [6.45, 7) is 2.33. The van der Waals surface area contributed by atoms with Crippen molar-refractivity contribution in [1.82, 2.24) is 19.7 Å². The number of pyridine rings is 1. The van der Waals surface area contributed by atoms with Gasteiger partial charge in [0.1, 0.15) is 11.1 Å². The topological polar surface area (TPSA) is 113 Å². The predicted molar refractivity (Wildman–Crippen MR) is 66.0 cm³/mol. The van der Waals surface area contributed by atoms with Gasteiger partial charge in [0.05, 0.1) is 11.3 Å². The third-order valence-corrected chi connectivity index (χ3v) is 3.31. The second kappa shape index (κ2) is 4.93. The van der Waals surface area contributed by atoms with E-state index in [0.717, 1.165) is 11.8 Å². The highest BCUT2D eigenvalue weighted by atomic mass is 32.2. The fourth-order valence-electron chi connectivity index (χ4n) is 1.38. The Hall–Kier alpha value is -2.27. The van der Waals surface area contributed by atoms with Crippen molar-refractivity contribution >= 4 is 17.4 Å². The van der Waals surface area contributed by atoms with Crippen molar-refractivity contribution in [3.63, 3.8) is 0 Å². The summed E-state index contributed by atoms with van der Waals surface area (Å²) in [6.07, 6.45) is 1.50. The molecule has 0 saturated heterocycles. The zero-order chi connectivity index (χ0) is 13.1.